The molecule has 0 saturated carbocycles. The topological polar surface area (TPSA) is 46.8 Å². The third-order valence-electron chi connectivity index (χ3n) is 3.28. The van der Waals surface area contributed by atoms with Crippen LogP contribution in [-0.2, 0) is 20.0 Å². The predicted octanol–water partition coefficient (Wildman–Crippen LogP) is 3.28. The molecule has 0 aliphatic heterocycles. The summed E-state index contributed by atoms with van der Waals surface area (Å²) in [4.78, 5) is 13.1. The Hall–Kier alpha value is -1.66. The van der Waals surface area contributed by atoms with Crippen LogP contribution in [0.2, 0.25) is 5.28 Å². The minimum absolute atomic E-state index is 0.292. The van der Waals surface area contributed by atoms with Crippen LogP contribution >= 0.6 is 22.9 Å². The van der Waals surface area contributed by atoms with Crippen LogP contribution in [0.3, 0.4) is 0 Å². The molecule has 0 radical (unpaired) electrons. The van der Waals surface area contributed by atoms with Gasteiger partial charge < -0.3 is 4.90 Å². The number of hydrogen-bond acceptors (Lipinski definition) is 5. The van der Waals surface area contributed by atoms with Crippen LogP contribution in [0.25, 0.3) is 10.2 Å². The zero-order chi connectivity index (χ0) is 15.0. The summed E-state index contributed by atoms with van der Waals surface area (Å²) in [5.74, 6) is 0.866. The van der Waals surface area contributed by atoms with E-state index in [0.717, 1.165) is 34.6 Å². The van der Waals surface area contributed by atoms with E-state index < -0.39 is 0 Å². The van der Waals surface area contributed by atoms with Gasteiger partial charge in [-0.15, -0.1) is 11.3 Å². The van der Waals surface area contributed by atoms with Gasteiger partial charge in [0.2, 0.25) is 5.28 Å². The van der Waals surface area contributed by atoms with Crippen LogP contribution in [0.5, 0.6) is 0 Å². The van der Waals surface area contributed by atoms with Crippen LogP contribution < -0.4 is 4.90 Å². The highest BCUT2D eigenvalue weighted by Crippen LogP contribution is 2.32. The average molecular weight is 322 g/mol. The maximum Gasteiger partial charge on any atom is 0.225 e. The fourth-order valence-corrected chi connectivity index (χ4v) is 3.47. The number of nitrogens with zero attached hydrogens (tertiary/aromatic N) is 5. The van der Waals surface area contributed by atoms with E-state index in [0.29, 0.717) is 5.28 Å². The van der Waals surface area contributed by atoms with Gasteiger partial charge in [-0.1, -0.05) is 6.92 Å². The molecule has 3 rings (SSSR count). The predicted molar refractivity (Wildman–Crippen MR) is 87.1 cm³/mol. The molecule has 0 saturated heterocycles. The summed E-state index contributed by atoms with van der Waals surface area (Å²) in [5, 5.41) is 5.55. The molecule has 110 valence electrons. The Morgan fingerprint density at radius 2 is 2.19 bits per heavy atom. The second-order valence-corrected chi connectivity index (χ2v) is 6.43. The van der Waals surface area contributed by atoms with Gasteiger partial charge in [-0.2, -0.15) is 10.1 Å². The third kappa shape index (κ3) is 2.87. The second-order valence-electron chi connectivity index (χ2n) is 4.98. The number of thiophene rings is 1. The normalized spacial score (nSPS) is 11.2. The molecule has 0 aromatic carbocycles. The smallest absolute Gasteiger partial charge is 0.225 e. The van der Waals surface area contributed by atoms with Crippen molar-refractivity contribution in [1.29, 1.82) is 0 Å². The summed E-state index contributed by atoms with van der Waals surface area (Å²) in [7, 11) is 3.92. The molecule has 0 aliphatic rings. The molecule has 0 N–H and O–H groups in total. The molecule has 3 heterocycles. The van der Waals surface area contributed by atoms with Crippen molar-refractivity contribution in [3.8, 4) is 0 Å². The molecular weight excluding hydrogens is 306 g/mol. The zero-order valence-electron chi connectivity index (χ0n) is 12.2. The van der Waals surface area contributed by atoms with Gasteiger partial charge in [-0.05, 0) is 24.1 Å². The van der Waals surface area contributed by atoms with Crippen molar-refractivity contribution >= 4 is 39.0 Å². The lowest BCUT2D eigenvalue weighted by Crippen LogP contribution is -2.18. The molecule has 0 fully saturated rings. The Bertz CT molecular complexity index is 779. The molecule has 0 aliphatic carbocycles. The zero-order valence-corrected chi connectivity index (χ0v) is 13.7. The van der Waals surface area contributed by atoms with Crippen molar-refractivity contribution in [2.24, 2.45) is 7.05 Å². The fourth-order valence-electron chi connectivity index (χ4n) is 2.30. The van der Waals surface area contributed by atoms with E-state index in [1.165, 1.54) is 4.88 Å². The summed E-state index contributed by atoms with van der Waals surface area (Å²) in [6.07, 6.45) is 4.85. The first-order valence-corrected chi connectivity index (χ1v) is 7.91. The minimum Gasteiger partial charge on any atom is -0.355 e. The van der Waals surface area contributed by atoms with Crippen LogP contribution in [-0.4, -0.2) is 26.8 Å². The summed E-state index contributed by atoms with van der Waals surface area (Å²) in [5.41, 5.74) is 1.13. The lowest BCUT2D eigenvalue weighted by Gasteiger charge is -2.18. The van der Waals surface area contributed by atoms with Gasteiger partial charge in [0.25, 0.3) is 0 Å². The van der Waals surface area contributed by atoms with Gasteiger partial charge in [0.05, 0.1) is 11.6 Å². The Labute approximate surface area is 132 Å². The number of aryl methyl sites for hydroxylation is 2. The molecule has 3 aromatic rings. The molecule has 0 unspecified atom stereocenters. The first-order valence-electron chi connectivity index (χ1n) is 6.71. The lowest BCUT2D eigenvalue weighted by atomic mass is 10.2. The van der Waals surface area contributed by atoms with Gasteiger partial charge in [-0.3, -0.25) is 4.68 Å². The minimum atomic E-state index is 0.292. The number of fused-ring (bicyclic) bond motifs is 1. The molecule has 0 atom stereocenters. The first-order chi connectivity index (χ1) is 10.1. The Morgan fingerprint density at radius 3 is 2.86 bits per heavy atom. The van der Waals surface area contributed by atoms with E-state index >= 15 is 0 Å². The van der Waals surface area contributed by atoms with Crippen LogP contribution in [0.1, 0.15) is 17.4 Å². The number of anilines is 1. The van der Waals surface area contributed by atoms with E-state index in [2.05, 4.69) is 33.0 Å². The van der Waals surface area contributed by atoms with E-state index in [4.69, 9.17) is 11.6 Å². The highest BCUT2D eigenvalue weighted by atomic mass is 35.5. The molecule has 0 amide bonds. The Balaban J connectivity index is 1.99. The molecular formula is C14H16ClN5S. The van der Waals surface area contributed by atoms with Crippen molar-refractivity contribution in [1.82, 2.24) is 19.7 Å². The number of halogens is 1. The van der Waals surface area contributed by atoms with Crippen LogP contribution in [0, 0.1) is 0 Å². The van der Waals surface area contributed by atoms with Gasteiger partial charge in [0.1, 0.15) is 10.6 Å². The highest BCUT2D eigenvalue weighted by molar-refractivity contribution is 7.18. The molecule has 7 heteroatoms. The number of aromatic nitrogens is 4. The van der Waals surface area contributed by atoms with E-state index in [9.17, 15) is 0 Å². The standard InChI is InChI=1S/C14H16ClN5S/c1-4-10-5-11-12(17-14(15)18-13(11)21-10)19(2)7-9-6-16-20(3)8-9/h5-6,8H,4,7H2,1-3H3. The number of hydrogen-bond donors (Lipinski definition) is 0. The quantitative estimate of drug-likeness (QED) is 0.692. The van der Waals surface area contributed by atoms with Crippen LogP contribution in [0.4, 0.5) is 5.82 Å². The molecule has 21 heavy (non-hydrogen) atoms. The summed E-state index contributed by atoms with van der Waals surface area (Å²) >= 11 is 7.74. The van der Waals surface area contributed by atoms with Crippen molar-refractivity contribution in [3.63, 3.8) is 0 Å². The van der Waals surface area contributed by atoms with E-state index in [1.54, 1.807) is 16.0 Å². The van der Waals surface area contributed by atoms with E-state index in [-0.39, 0.29) is 0 Å². The maximum absolute atomic E-state index is 6.07. The van der Waals surface area contributed by atoms with E-state index in [1.807, 2.05) is 26.5 Å². The number of rotatable bonds is 4. The summed E-state index contributed by atoms with van der Waals surface area (Å²) in [6, 6.07) is 2.16. The average Bonchev–Trinajstić information content (AvgIpc) is 3.03. The van der Waals surface area contributed by atoms with Crippen molar-refractivity contribution in [2.75, 3.05) is 11.9 Å². The Kier molecular flexibility index (Phi) is 3.82. The summed E-state index contributed by atoms with van der Waals surface area (Å²) < 4.78 is 1.80. The maximum atomic E-state index is 6.07. The molecule has 3 aromatic heterocycles. The van der Waals surface area contributed by atoms with Gasteiger partial charge in [0.15, 0.2) is 0 Å². The van der Waals surface area contributed by atoms with Crippen molar-refractivity contribution in [2.45, 2.75) is 19.9 Å². The van der Waals surface area contributed by atoms with Gasteiger partial charge >= 0.3 is 0 Å². The molecule has 0 bridgehead atoms. The fraction of sp³-hybridized carbons (Fsp3) is 0.357. The first kappa shape index (κ1) is 14.3. The van der Waals surface area contributed by atoms with Gasteiger partial charge in [0, 0.05) is 37.3 Å². The Morgan fingerprint density at radius 1 is 1.38 bits per heavy atom. The van der Waals surface area contributed by atoms with Crippen molar-refractivity contribution in [3.05, 3.63) is 34.2 Å². The highest BCUT2D eigenvalue weighted by Gasteiger charge is 2.14. The largest absolute Gasteiger partial charge is 0.355 e. The SMILES string of the molecule is CCc1cc2c(N(C)Cc3cnn(C)c3)nc(Cl)nc2s1. The second kappa shape index (κ2) is 5.61. The molecule has 0 spiro atoms. The monoisotopic (exact) mass is 321 g/mol. The molecule has 5 nitrogen and oxygen atoms in total. The third-order valence-corrected chi connectivity index (χ3v) is 4.63. The van der Waals surface area contributed by atoms with Gasteiger partial charge in [-0.25, -0.2) is 4.98 Å². The van der Waals surface area contributed by atoms with Crippen LogP contribution in [0.15, 0.2) is 18.5 Å². The lowest BCUT2D eigenvalue weighted by molar-refractivity contribution is 0.766. The van der Waals surface area contributed by atoms with Crippen molar-refractivity contribution < 1.29 is 0 Å². The summed E-state index contributed by atoms with van der Waals surface area (Å²) in [6.45, 7) is 2.87.